The first-order valence-corrected chi connectivity index (χ1v) is 8.92. The van der Waals surface area contributed by atoms with E-state index in [1.807, 2.05) is 49.3 Å². The van der Waals surface area contributed by atoms with Gasteiger partial charge in [0.25, 0.3) is 5.91 Å². The maximum Gasteiger partial charge on any atom is 0.257 e. The molecular formula is C22H24N2O3. The molecule has 0 saturated heterocycles. The summed E-state index contributed by atoms with van der Waals surface area (Å²) in [5.74, 6) is 0.345. The quantitative estimate of drug-likeness (QED) is 0.696. The Morgan fingerprint density at radius 2 is 1.67 bits per heavy atom. The number of likely N-dealkylation sites (N-methyl/N-ethyl adjacent to an activating group) is 2. The number of amides is 1. The van der Waals surface area contributed by atoms with Crippen LogP contribution in [0.15, 0.2) is 57.7 Å². The van der Waals surface area contributed by atoms with Gasteiger partial charge in [-0.2, -0.15) is 0 Å². The first kappa shape index (κ1) is 18.9. The number of rotatable bonds is 5. The van der Waals surface area contributed by atoms with Crippen LogP contribution in [0.25, 0.3) is 22.3 Å². The Hall–Kier alpha value is -2.92. The predicted molar refractivity (Wildman–Crippen MR) is 108 cm³/mol. The maximum atomic E-state index is 13.0. The van der Waals surface area contributed by atoms with Crippen LogP contribution in [0.2, 0.25) is 0 Å². The predicted octanol–water partition coefficient (Wildman–Crippen LogP) is 3.40. The van der Waals surface area contributed by atoms with E-state index in [1.54, 1.807) is 37.1 Å². The summed E-state index contributed by atoms with van der Waals surface area (Å²) in [7, 11) is 5.68. The zero-order valence-corrected chi connectivity index (χ0v) is 16.2. The van der Waals surface area contributed by atoms with Gasteiger partial charge in [0.05, 0.1) is 10.9 Å². The van der Waals surface area contributed by atoms with Gasteiger partial charge in [0.15, 0.2) is 11.0 Å². The summed E-state index contributed by atoms with van der Waals surface area (Å²) in [6.07, 6.45) is 0. The van der Waals surface area contributed by atoms with Crippen LogP contribution in [0.1, 0.15) is 15.9 Å². The monoisotopic (exact) mass is 364 g/mol. The van der Waals surface area contributed by atoms with Crippen molar-refractivity contribution in [3.63, 3.8) is 0 Å². The lowest BCUT2D eigenvalue weighted by Crippen LogP contribution is -2.33. The number of hydrogen-bond acceptors (Lipinski definition) is 4. The van der Waals surface area contributed by atoms with E-state index in [4.69, 9.17) is 4.42 Å². The van der Waals surface area contributed by atoms with Gasteiger partial charge >= 0.3 is 0 Å². The number of benzene rings is 2. The van der Waals surface area contributed by atoms with Gasteiger partial charge in [-0.3, -0.25) is 9.59 Å². The van der Waals surface area contributed by atoms with Crippen molar-refractivity contribution >= 4 is 16.9 Å². The Kier molecular flexibility index (Phi) is 5.42. The molecule has 0 fully saturated rings. The molecule has 0 aliphatic rings. The summed E-state index contributed by atoms with van der Waals surface area (Å²) in [5.41, 5.74) is 1.99. The molecule has 0 bridgehead atoms. The highest BCUT2D eigenvalue weighted by Crippen LogP contribution is 2.27. The number of carbonyl (C=O) groups is 1. The molecule has 5 nitrogen and oxygen atoms in total. The van der Waals surface area contributed by atoms with E-state index in [-0.39, 0.29) is 11.3 Å². The number of fused-ring (bicyclic) bond motifs is 1. The SMILES string of the molecule is Cc1c(-c2ccccc2)oc2c(C(=O)N(C)CCN(C)C)cccc2c1=O. The van der Waals surface area contributed by atoms with Crippen LogP contribution in [0, 0.1) is 6.92 Å². The van der Waals surface area contributed by atoms with Crippen LogP contribution >= 0.6 is 0 Å². The lowest BCUT2D eigenvalue weighted by Gasteiger charge is -2.20. The normalized spacial score (nSPS) is 11.1. The standard InChI is InChI=1S/C22H24N2O3/c1-15-19(25)17-11-8-12-18(22(26)24(4)14-13-23(2)3)21(17)27-20(15)16-9-6-5-7-10-16/h5-12H,13-14H2,1-4H3. The molecule has 27 heavy (non-hydrogen) atoms. The van der Waals surface area contributed by atoms with Crippen LogP contribution in [0.3, 0.4) is 0 Å². The van der Waals surface area contributed by atoms with Gasteiger partial charge in [-0.1, -0.05) is 36.4 Å². The van der Waals surface area contributed by atoms with Gasteiger partial charge in [0.2, 0.25) is 0 Å². The van der Waals surface area contributed by atoms with Crippen LogP contribution < -0.4 is 5.43 Å². The third-order valence-electron chi connectivity index (χ3n) is 4.64. The number of para-hydroxylation sites is 1. The highest BCUT2D eigenvalue weighted by atomic mass is 16.3. The van der Waals surface area contributed by atoms with Gasteiger partial charge in [0.1, 0.15) is 5.76 Å². The van der Waals surface area contributed by atoms with E-state index in [0.29, 0.717) is 34.4 Å². The molecule has 0 unspecified atom stereocenters. The van der Waals surface area contributed by atoms with Crippen molar-refractivity contribution in [3.8, 4) is 11.3 Å². The van der Waals surface area contributed by atoms with E-state index in [9.17, 15) is 9.59 Å². The fraction of sp³-hybridized carbons (Fsp3) is 0.273. The number of carbonyl (C=O) groups excluding carboxylic acids is 1. The summed E-state index contributed by atoms with van der Waals surface area (Å²) in [6, 6.07) is 14.6. The van der Waals surface area contributed by atoms with E-state index in [1.165, 1.54) is 0 Å². The van der Waals surface area contributed by atoms with Crippen molar-refractivity contribution in [3.05, 3.63) is 69.9 Å². The summed E-state index contributed by atoms with van der Waals surface area (Å²) in [6.45, 7) is 3.10. The highest BCUT2D eigenvalue weighted by molar-refractivity contribution is 6.05. The minimum Gasteiger partial charge on any atom is -0.455 e. The van der Waals surface area contributed by atoms with E-state index in [2.05, 4.69) is 0 Å². The molecule has 0 atom stereocenters. The molecule has 0 aliphatic carbocycles. The number of nitrogens with zero attached hydrogens (tertiary/aromatic N) is 2. The van der Waals surface area contributed by atoms with Crippen molar-refractivity contribution in [2.24, 2.45) is 0 Å². The average Bonchev–Trinajstić information content (AvgIpc) is 2.68. The Morgan fingerprint density at radius 3 is 2.33 bits per heavy atom. The van der Waals surface area contributed by atoms with Crippen LogP contribution in [0.5, 0.6) is 0 Å². The van der Waals surface area contributed by atoms with Crippen LogP contribution in [-0.4, -0.2) is 49.9 Å². The average molecular weight is 364 g/mol. The summed E-state index contributed by atoms with van der Waals surface area (Å²) in [4.78, 5) is 29.5. The van der Waals surface area contributed by atoms with E-state index < -0.39 is 0 Å². The van der Waals surface area contributed by atoms with Crippen molar-refractivity contribution in [1.82, 2.24) is 9.80 Å². The third-order valence-corrected chi connectivity index (χ3v) is 4.64. The molecule has 5 heteroatoms. The Bertz CT molecular complexity index is 1020. The molecule has 1 aromatic heterocycles. The smallest absolute Gasteiger partial charge is 0.257 e. The fourth-order valence-corrected chi connectivity index (χ4v) is 3.00. The van der Waals surface area contributed by atoms with Gasteiger partial charge in [-0.05, 0) is 33.2 Å². The molecule has 1 heterocycles. The zero-order chi connectivity index (χ0) is 19.6. The van der Waals surface area contributed by atoms with Crippen LogP contribution in [-0.2, 0) is 0 Å². The number of hydrogen-bond donors (Lipinski definition) is 0. The first-order valence-electron chi connectivity index (χ1n) is 8.92. The molecule has 0 N–H and O–H groups in total. The minimum absolute atomic E-state index is 0.110. The second-order valence-corrected chi connectivity index (χ2v) is 6.96. The maximum absolute atomic E-state index is 13.0. The Labute approximate surface area is 158 Å². The highest BCUT2D eigenvalue weighted by Gasteiger charge is 2.20. The summed E-state index contributed by atoms with van der Waals surface area (Å²) in [5, 5.41) is 0.430. The molecule has 3 aromatic rings. The molecule has 3 rings (SSSR count). The summed E-state index contributed by atoms with van der Waals surface area (Å²) >= 11 is 0. The van der Waals surface area contributed by atoms with E-state index in [0.717, 1.165) is 12.1 Å². The molecule has 2 aromatic carbocycles. The van der Waals surface area contributed by atoms with Crippen molar-refractivity contribution in [2.75, 3.05) is 34.2 Å². The Morgan fingerprint density at radius 1 is 0.963 bits per heavy atom. The van der Waals surface area contributed by atoms with E-state index >= 15 is 0 Å². The van der Waals surface area contributed by atoms with Crippen molar-refractivity contribution in [1.29, 1.82) is 0 Å². The lowest BCUT2D eigenvalue weighted by molar-refractivity contribution is 0.0787. The lowest BCUT2D eigenvalue weighted by atomic mass is 10.0. The van der Waals surface area contributed by atoms with Gasteiger partial charge in [-0.25, -0.2) is 0 Å². The van der Waals surface area contributed by atoms with Crippen molar-refractivity contribution < 1.29 is 9.21 Å². The third kappa shape index (κ3) is 3.78. The zero-order valence-electron chi connectivity index (χ0n) is 16.2. The molecule has 140 valence electrons. The summed E-state index contributed by atoms with van der Waals surface area (Å²) < 4.78 is 6.13. The van der Waals surface area contributed by atoms with Gasteiger partial charge < -0.3 is 14.2 Å². The molecule has 0 saturated carbocycles. The molecule has 1 amide bonds. The molecule has 0 aliphatic heterocycles. The minimum atomic E-state index is -0.159. The second-order valence-electron chi connectivity index (χ2n) is 6.96. The fourth-order valence-electron chi connectivity index (χ4n) is 3.00. The molecule has 0 radical (unpaired) electrons. The topological polar surface area (TPSA) is 53.8 Å². The van der Waals surface area contributed by atoms with Crippen molar-refractivity contribution in [2.45, 2.75) is 6.92 Å². The van der Waals surface area contributed by atoms with Gasteiger partial charge in [0, 0.05) is 31.3 Å². The molecule has 0 spiro atoms. The first-order chi connectivity index (χ1) is 12.9. The van der Waals surface area contributed by atoms with Crippen LogP contribution in [0.4, 0.5) is 0 Å². The van der Waals surface area contributed by atoms with Gasteiger partial charge in [-0.15, -0.1) is 0 Å². The molecular weight excluding hydrogens is 340 g/mol. The Balaban J connectivity index is 2.14. The second kappa shape index (κ2) is 7.76. The largest absolute Gasteiger partial charge is 0.455 e.